The van der Waals surface area contributed by atoms with Crippen molar-refractivity contribution in [1.82, 2.24) is 39.3 Å². The third-order valence-electron chi connectivity index (χ3n) is 17.4. The van der Waals surface area contributed by atoms with Crippen LogP contribution in [0.1, 0.15) is 109 Å². The van der Waals surface area contributed by atoms with Crippen LogP contribution in [0.5, 0.6) is 23.0 Å². The van der Waals surface area contributed by atoms with E-state index in [1.54, 1.807) is 65.8 Å². The fourth-order valence-corrected chi connectivity index (χ4v) is 17.5. The lowest BCUT2D eigenvalue weighted by Crippen LogP contribution is -2.54. The molecule has 2 aromatic heterocycles. The molecule has 760 valence electrons. The molecule has 4 aliphatic heterocycles. The Kier molecular flexibility index (Phi) is 46.0. The predicted molar refractivity (Wildman–Crippen MR) is 497 cm³/mol. The second kappa shape index (κ2) is 51.2. The van der Waals surface area contributed by atoms with Crippen molar-refractivity contribution in [3.05, 3.63) is 196 Å². The van der Waals surface area contributed by atoms with E-state index in [4.69, 9.17) is 141 Å². The van der Waals surface area contributed by atoms with Crippen molar-refractivity contribution < 1.29 is 156 Å². The molecule has 0 bridgehead atoms. The van der Waals surface area contributed by atoms with E-state index in [0.717, 1.165) is 69.4 Å². The Hall–Kier alpha value is -6.17. The summed E-state index contributed by atoms with van der Waals surface area (Å²) in [5.74, 6) is -13.1. The molecule has 10 rings (SSSR count). The van der Waals surface area contributed by atoms with E-state index >= 15 is 8.78 Å². The lowest BCUT2D eigenvalue weighted by atomic mass is 9.94. The van der Waals surface area contributed by atoms with Crippen LogP contribution in [-0.4, -0.2) is 205 Å². The van der Waals surface area contributed by atoms with Gasteiger partial charge in [-0.05, 0) is 220 Å². The Balaban J connectivity index is 0.000000370. The number of aromatic amines is 2. The number of ether oxygens (including phenoxy) is 7. The third kappa shape index (κ3) is 37.6. The van der Waals surface area contributed by atoms with Gasteiger partial charge >= 0.3 is 68.9 Å². The van der Waals surface area contributed by atoms with Crippen LogP contribution in [-0.2, 0) is 93.8 Å². The van der Waals surface area contributed by atoms with E-state index in [-0.39, 0.29) is 36.8 Å². The number of allylic oxidation sites excluding steroid dienone is 1. The van der Waals surface area contributed by atoms with Crippen molar-refractivity contribution in [3.63, 3.8) is 0 Å². The van der Waals surface area contributed by atoms with Gasteiger partial charge in [-0.3, -0.25) is 76.0 Å². The van der Waals surface area contributed by atoms with Gasteiger partial charge < -0.3 is 81.9 Å². The van der Waals surface area contributed by atoms with Gasteiger partial charge in [-0.1, -0.05) is 46.4 Å². The number of alkyl halides is 3. The number of aromatic nitrogens is 4. The minimum absolute atomic E-state index is 0. The molecule has 4 aliphatic rings. The summed E-state index contributed by atoms with van der Waals surface area (Å²) in [4.78, 5) is 123. The predicted octanol–water partition coefficient (Wildman–Crippen LogP) is 13.5. The van der Waals surface area contributed by atoms with Gasteiger partial charge in [0.2, 0.25) is 5.91 Å². The van der Waals surface area contributed by atoms with E-state index in [2.05, 4.69) is 53.5 Å². The maximum atomic E-state index is 16.5. The number of aliphatic hydroxyl groups is 6. The van der Waals surface area contributed by atoms with Gasteiger partial charge in [0.15, 0.2) is 30.6 Å². The van der Waals surface area contributed by atoms with Crippen molar-refractivity contribution in [2.75, 3.05) is 19.8 Å². The van der Waals surface area contributed by atoms with Gasteiger partial charge in [-0.25, -0.2) is 46.1 Å². The molecule has 136 heavy (non-hydrogen) atoms. The molecular formula is C75H94Cl10F3N8O34P5S. The number of hydrogen-bond acceptors (Lipinski definition) is 34. The number of nitrogens with zero attached hydrogens (tertiary/aromatic N) is 3. The standard InChI is InChI=1S/C24H30ClFN3O11P.C22H28ClFN3O10P.C12H16Cl2NO4P.C11H14FNO6.C6H4Cl3O2P.Cl3OP.H2S/c1-13(2)37-19(32)14(3)28-41(35,40-17-8-6-16(25)7-9-17)36-12-24(26)20(38-15(4)30)23(5,34)21(39-24)29-11-10-18(31)27-22(29)33;1-12(2)35-17(29)13(3)26-38(33,37-15-7-5-14(23)6-8-15)34-11-22(24)18(30)21(4,32)19(36-22)27-10-9-16(28)25-20(27)31;1-8(2)18-12(16)9(3)15-20(14,17)19-11-6-4-10(13)5-7-11;1-10(18)8(17)11(12,5-14)19-9(10)13-3-2-6(15)4-7(13)16;7-5-1-3-6(4-2-5)11-12(8,9)10;1-5(2,3)4;/h6-11,13-14,20-21,34H,12H2,1-5H3,(H,28,35)(H,27,31,33);5-10,12-13,18-19,30,32H,11H2,1-4H3,(H,26,33)(H,25,28,31);4-9H,1-3H3,(H,15,17);2-3,8-9,14,17-18H,4-5H2,1H3;1-4H;;1H2/t14-,20-,21+,23+,24+,41?;13-,18-,19+,21+,22+,38?;9-,20?;8-,9+,10+,11+;;;/m0000.../s1. The molecule has 3 saturated heterocycles. The molecule has 0 aliphatic carbocycles. The molecule has 6 aromatic rings. The average molecular weight is 2250 g/mol. The first-order chi connectivity index (χ1) is 61.9. The Bertz CT molecular complexity index is 5640. The SMILES string of the molecule is CC(=O)O[C@H]1[C@@](C)(O)[C@H](n2ccc(=O)[nH]c2=O)O[C@]1(F)COP(=O)(N[C@@H](C)C(=O)OC(C)C)Oc1ccc(Cl)cc1.CC(C)OC(=O)[C@H](C)NP(=O)(Cl)Oc1ccc(Cl)cc1.CC(C)OC(=O)[C@H](C)NP(=O)(OC[C@@]1(F)O[C@@H](n2ccc(=O)[nH]c2=O)[C@](C)(O)[C@@H]1O)Oc1ccc(Cl)cc1.C[C@]1(O)[C@H](N2C=CC(=O)CC2=O)O[C@](F)(CO)[C@H]1O.O=P(Cl)(Cl)Cl.O=P(Cl)(Cl)Oc1ccc(Cl)cc1.S. The normalized spacial score (nSPS) is 25.4. The van der Waals surface area contributed by atoms with Crippen LogP contribution in [0.4, 0.5) is 13.2 Å². The van der Waals surface area contributed by atoms with E-state index < -0.39 is 220 Å². The largest absolute Gasteiger partial charge is 0.462 e. The number of aliphatic hydroxyl groups excluding tert-OH is 3. The average Bonchev–Trinajstić information content (AvgIpc) is 1.63. The van der Waals surface area contributed by atoms with Crippen LogP contribution in [0, 0.1) is 0 Å². The molecule has 11 N–H and O–H groups in total. The summed E-state index contributed by atoms with van der Waals surface area (Å²) in [7, 11) is -9.27. The summed E-state index contributed by atoms with van der Waals surface area (Å²) in [6.07, 6.45) is -12.9. The Morgan fingerprint density at radius 1 is 0.493 bits per heavy atom. The Morgan fingerprint density at radius 2 is 0.809 bits per heavy atom. The van der Waals surface area contributed by atoms with Gasteiger partial charge in [-0.15, -0.1) is 0 Å². The lowest BCUT2D eigenvalue weighted by molar-refractivity contribution is -0.214. The number of benzene rings is 4. The number of ketones is 1. The minimum Gasteiger partial charge on any atom is -0.462 e. The summed E-state index contributed by atoms with van der Waals surface area (Å²) >= 11 is 53.0. The lowest BCUT2D eigenvalue weighted by Gasteiger charge is -2.34. The molecule has 3 fully saturated rings. The summed E-state index contributed by atoms with van der Waals surface area (Å²) in [5.41, 5.74) is -10.6. The summed E-state index contributed by atoms with van der Waals surface area (Å²) in [5, 5.41) is 66.9. The van der Waals surface area contributed by atoms with E-state index in [1.807, 2.05) is 9.97 Å². The zero-order valence-corrected chi connectivity index (χ0v) is 86.1. The Morgan fingerprint density at radius 3 is 1.14 bits per heavy atom. The zero-order valence-electron chi connectivity index (χ0n) is 73.1. The first-order valence-electron chi connectivity index (χ1n) is 38.7. The fourth-order valence-electron chi connectivity index (χ4n) is 11.5. The molecular weight excluding hydrogens is 2160 g/mol. The first-order valence-corrected chi connectivity index (χ1v) is 53.7. The number of nitrogens with one attached hydrogen (secondary N) is 5. The van der Waals surface area contributed by atoms with Crippen molar-refractivity contribution >= 4 is 197 Å². The highest BCUT2D eigenvalue weighted by Crippen LogP contribution is 2.62. The molecule has 18 atom stereocenters. The molecule has 1 amide bonds. The van der Waals surface area contributed by atoms with Crippen molar-refractivity contribution in [2.45, 2.75) is 204 Å². The van der Waals surface area contributed by atoms with Gasteiger partial charge in [0, 0.05) is 91.5 Å². The highest BCUT2D eigenvalue weighted by Gasteiger charge is 2.68. The summed E-state index contributed by atoms with van der Waals surface area (Å²) in [6.45, 7) is 10.5. The van der Waals surface area contributed by atoms with E-state index in [9.17, 15) is 101 Å². The van der Waals surface area contributed by atoms with Gasteiger partial charge in [-0.2, -0.15) is 23.7 Å². The van der Waals surface area contributed by atoms with Crippen LogP contribution >= 0.6 is 161 Å². The summed E-state index contributed by atoms with van der Waals surface area (Å²) in [6, 6.07) is 21.9. The summed E-state index contributed by atoms with van der Waals surface area (Å²) < 4.78 is 174. The van der Waals surface area contributed by atoms with Crippen LogP contribution in [0.15, 0.2) is 153 Å². The monoisotopic (exact) mass is 2240 g/mol. The van der Waals surface area contributed by atoms with Gasteiger partial charge in [0.1, 0.15) is 90.0 Å². The Labute approximate surface area is 828 Å². The maximum Gasteiger partial charge on any atom is 0.459 e. The van der Waals surface area contributed by atoms with Crippen molar-refractivity contribution in [1.29, 1.82) is 0 Å². The third-order valence-corrected chi connectivity index (χ3v) is 24.2. The smallest absolute Gasteiger partial charge is 0.459 e. The quantitative estimate of drug-likeness (QED) is 0.00833. The number of carbonyl (C=O) groups excluding carboxylic acids is 6. The second-order valence-electron chi connectivity index (χ2n) is 30.2. The highest BCUT2D eigenvalue weighted by molar-refractivity contribution is 8.24. The molecule has 0 radical (unpaired) electrons. The number of rotatable bonds is 31. The van der Waals surface area contributed by atoms with Crippen LogP contribution < -0.4 is 55.9 Å². The number of halogens is 13. The second-order valence-corrected chi connectivity index (χ2v) is 48.9. The van der Waals surface area contributed by atoms with E-state index in [0.29, 0.717) is 35.0 Å². The van der Waals surface area contributed by atoms with Crippen LogP contribution in [0.3, 0.4) is 0 Å². The maximum absolute atomic E-state index is 16.5. The number of esters is 4. The number of amides is 1. The molecule has 61 heteroatoms. The zero-order chi connectivity index (χ0) is 103. The van der Waals surface area contributed by atoms with Gasteiger partial charge in [0.25, 0.3) is 28.7 Å². The first kappa shape index (κ1) is 122. The van der Waals surface area contributed by atoms with Crippen molar-refractivity contribution in [2.24, 2.45) is 0 Å². The molecule has 6 heterocycles. The van der Waals surface area contributed by atoms with Gasteiger partial charge in [0.05, 0.1) is 24.7 Å². The topological polar surface area (TPSA) is 578 Å². The van der Waals surface area contributed by atoms with Crippen molar-refractivity contribution in [3.8, 4) is 23.0 Å². The van der Waals surface area contributed by atoms with Crippen LogP contribution in [0.25, 0.3) is 0 Å². The van der Waals surface area contributed by atoms with E-state index in [1.165, 1.54) is 93.6 Å². The highest BCUT2D eigenvalue weighted by atomic mass is 36.0. The van der Waals surface area contributed by atoms with Crippen LogP contribution in [0.2, 0.25) is 20.1 Å². The molecule has 3 unspecified atom stereocenters. The molecule has 4 aromatic carbocycles. The fraction of sp³-hybridized carbons (Fsp3) is 0.467. The molecule has 0 saturated carbocycles. The number of carbonyl (C=O) groups is 6. The minimum atomic E-state index is -4.67. The number of hydrogen-bond donors (Lipinski definition) is 11. The number of H-pyrrole nitrogens is 2. The molecule has 0 spiro atoms. The molecule has 42 nitrogen and oxygen atoms in total.